The maximum Gasteiger partial charge on any atom is 1.00 e. The number of imide groups is 1. The van der Waals surface area contributed by atoms with Crippen LogP contribution in [0.1, 0.15) is 125 Å². The van der Waals surface area contributed by atoms with Crippen LogP contribution in [0.15, 0.2) is 129 Å². The van der Waals surface area contributed by atoms with Crippen LogP contribution >= 0.6 is 0 Å². The van der Waals surface area contributed by atoms with Crippen molar-refractivity contribution in [1.82, 2.24) is 18.7 Å². The van der Waals surface area contributed by atoms with Crippen molar-refractivity contribution < 1.29 is 181 Å². The third-order valence-electron chi connectivity index (χ3n) is 23.0. The van der Waals surface area contributed by atoms with Crippen molar-refractivity contribution in [2.24, 2.45) is 20.0 Å². The van der Waals surface area contributed by atoms with Crippen LogP contribution in [0.25, 0.3) is 21.5 Å². The molecule has 0 bridgehead atoms. The molecule has 0 saturated heterocycles. The van der Waals surface area contributed by atoms with E-state index in [-0.39, 0.29) is 140 Å². The van der Waals surface area contributed by atoms with E-state index >= 15 is 0 Å². The fraction of sp³-hybridized carbons (Fsp3) is 0.486. The quantitative estimate of drug-likeness (QED) is 0.0105. The van der Waals surface area contributed by atoms with Gasteiger partial charge in [-0.15, -0.1) is 0 Å². The van der Waals surface area contributed by atoms with E-state index in [2.05, 4.69) is 104 Å². The smallest absolute Gasteiger partial charge is 1.00 e. The summed E-state index contributed by atoms with van der Waals surface area (Å²) in [5.74, 6) is -0.275. The summed E-state index contributed by atoms with van der Waals surface area (Å²) in [5, 5.41) is 5.89. The average molecular weight is 1710 g/mol. The van der Waals surface area contributed by atoms with Crippen molar-refractivity contribution in [1.29, 1.82) is 0 Å². The number of hydrogen-bond acceptors (Lipinski definition) is 21. The van der Waals surface area contributed by atoms with Gasteiger partial charge in [0.15, 0.2) is 0 Å². The molecule has 9 heterocycles. The number of hydrogen-bond donors (Lipinski definition) is 1. The minimum absolute atomic E-state index is 0. The Labute approximate surface area is 729 Å². The molecule has 0 aliphatic carbocycles. The zero-order valence-electron chi connectivity index (χ0n) is 65.7. The molecule has 113 heavy (non-hydrogen) atoms. The van der Waals surface area contributed by atoms with Crippen molar-refractivity contribution in [3.63, 3.8) is 0 Å². The molecular weight excluding hydrogens is 1610 g/mol. The molecule has 0 radical (unpaired) electrons. The van der Waals surface area contributed by atoms with Crippen LogP contribution in [-0.2, 0) is 63.1 Å². The monoisotopic (exact) mass is 1710 g/mol. The first-order valence-electron chi connectivity index (χ1n) is 38.2. The van der Waals surface area contributed by atoms with E-state index in [4.69, 9.17) is 20.0 Å². The summed E-state index contributed by atoms with van der Waals surface area (Å²) in [5.41, 5.74) is 4.13. The number of nitrogens with zero attached hydrogens (tertiary/aromatic N) is 11. The molecule has 0 saturated carbocycles. The van der Waals surface area contributed by atoms with E-state index in [0.717, 1.165) is 48.7 Å². The number of fused-ring (bicyclic) bond motifs is 12. The molecule has 29 nitrogen and oxygen atoms in total. The Bertz CT molecular complexity index is 5290. The van der Waals surface area contributed by atoms with Gasteiger partial charge in [-0.25, -0.2) is 0 Å². The number of aliphatic imine (C=N–C) groups is 2. The summed E-state index contributed by atoms with van der Waals surface area (Å²) in [6, 6.07) is 33.2. The van der Waals surface area contributed by atoms with Crippen molar-refractivity contribution >= 4 is 139 Å². The predicted molar refractivity (Wildman–Crippen MR) is 419 cm³/mol. The summed E-state index contributed by atoms with van der Waals surface area (Å²) in [4.78, 5) is 62.2. The molecule has 0 fully saturated rings. The Hall–Kier alpha value is -4.28. The summed E-state index contributed by atoms with van der Waals surface area (Å²) < 4.78 is 175. The topological polar surface area (TPSA) is 379 Å². The number of amidine groups is 4. The van der Waals surface area contributed by atoms with E-state index < -0.39 is 99.7 Å². The van der Waals surface area contributed by atoms with E-state index in [1.165, 1.54) is 12.2 Å². The number of aromatic nitrogens is 2. The molecule has 0 atom stereocenters. The number of benzene rings is 4. The molecule has 39 heteroatoms. The molecule has 4 aromatic carbocycles. The SMILES string of the molecule is [CH2-]CCC[N+](CCCCS(=O)(=O)[O-])(CCCCS(=O)(=O)[O-])CCC[Si](C)(C)O[Si-2]123(O[Si](C)(C)CCC[N+](CCCCCC(=O)NCCN4C(=O)C=CC4=O)(CCCCS(=O)(=O)[O-])CCCCS(=O)(=O)[O-])n4c5c6ccccc6c4N=C4c6ccccc6C(=[N+]41)N=c1c4ccccc4c(n12)=NC1=[N+]3C(=N5)c2ccccc21.[Na+].[Na+].[Na+]. The molecule has 7 aliphatic heterocycles. The second-order valence-electron chi connectivity index (χ2n) is 31.8. The van der Waals surface area contributed by atoms with Gasteiger partial charge in [-0.2, -0.15) is 0 Å². The van der Waals surface area contributed by atoms with Gasteiger partial charge in [0.1, 0.15) is 0 Å². The molecule has 7 aliphatic rings. The van der Waals surface area contributed by atoms with Crippen molar-refractivity contribution in [3.05, 3.63) is 149 Å². The van der Waals surface area contributed by atoms with Gasteiger partial charge in [-0.1, -0.05) is 0 Å². The first kappa shape index (κ1) is 91.0. The second-order valence-corrected chi connectivity index (χ2v) is 52.2. The number of carbonyl (C=O) groups excluding carboxylic acids is 3. The Morgan fingerprint density at radius 3 is 1.19 bits per heavy atom. The van der Waals surface area contributed by atoms with Crippen LogP contribution in [0.4, 0.5) is 11.6 Å². The Kier molecular flexibility index (Phi) is 28.0. The summed E-state index contributed by atoms with van der Waals surface area (Å²) in [7, 11) is -33.0. The fourth-order valence-electron chi connectivity index (χ4n) is 18.6. The Balaban J connectivity index is 0.00000451. The molecule has 594 valence electrons. The maximum atomic E-state index is 13.2. The zero-order chi connectivity index (χ0) is 78.6. The number of amides is 3. The molecule has 6 aromatic rings. The minimum Gasteiger partial charge on any atom is 1.00 e. The van der Waals surface area contributed by atoms with Gasteiger partial charge in [0.2, 0.25) is 0 Å². The molecule has 13 rings (SSSR count). The normalized spacial score (nSPS) is 17.3. The van der Waals surface area contributed by atoms with Gasteiger partial charge in [0.25, 0.3) is 11.8 Å². The fourth-order valence-corrected chi connectivity index (χ4v) is 43.1. The minimum atomic E-state index is -7.38. The van der Waals surface area contributed by atoms with Crippen molar-refractivity contribution in [3.8, 4) is 0 Å². The first-order valence-corrected chi connectivity index (χ1v) is 53.4. The van der Waals surface area contributed by atoms with E-state index in [1.54, 1.807) is 0 Å². The van der Waals surface area contributed by atoms with Gasteiger partial charge < -0.3 is 5.32 Å². The van der Waals surface area contributed by atoms with E-state index in [1.807, 2.05) is 48.5 Å². The van der Waals surface area contributed by atoms with Gasteiger partial charge in [-0.05, 0) is 0 Å². The molecular formula is C74H97N12Na3O17S4Si3. The first-order chi connectivity index (χ1) is 52.0. The van der Waals surface area contributed by atoms with Gasteiger partial charge in [-0.3, -0.25) is 19.3 Å². The van der Waals surface area contributed by atoms with Crippen LogP contribution in [0.2, 0.25) is 38.3 Å². The van der Waals surface area contributed by atoms with Crippen LogP contribution < -0.4 is 105 Å². The number of nitrogens with one attached hydrogen (secondary N) is 1. The van der Waals surface area contributed by atoms with Crippen molar-refractivity contribution in [2.75, 3.05) is 88.5 Å². The van der Waals surface area contributed by atoms with Crippen LogP contribution in [0, 0.1) is 6.92 Å². The maximum absolute atomic E-state index is 13.2. The number of rotatable bonds is 44. The zero-order valence-corrected chi connectivity index (χ0v) is 78.0. The number of carbonyl (C=O) groups is 3. The summed E-state index contributed by atoms with van der Waals surface area (Å²) in [6.07, 6.45) is 8.15. The Morgan fingerprint density at radius 1 is 0.469 bits per heavy atom. The third kappa shape index (κ3) is 17.7. The predicted octanol–water partition coefficient (Wildman–Crippen LogP) is -2.29. The molecule has 1 N–H and O–H groups in total. The summed E-state index contributed by atoms with van der Waals surface area (Å²) in [6.45, 7) is 16.9. The standard InChI is InChI=1S/C74H100N12O17S4Si3.3Na/c1-6-7-42-85(44-19-23-50-104(90,91)92,45-20-24-51-105(93,94)95)48-27-54-108(2,3)102-110(103-109(4,5)55-28-49-86(46-21-25-52-106(96,97)98,47-22-26-53-107(99,100)101)43-18-8-9-37-64(87)75-40-41-80-65(88)38-39-66(80)89)81-67-56-29-10-11-30-57(56)68(81)77-70-60-33-14-15-34-61(60)72(83(70)110)79-74-63-36-17-16-35-62(63)73(84(74)110)78-71-59-32-13-12-31-58(59)69(76-67)82(71)110;;;/h10-17,29-36,38-39H,1,6-9,18-28,37,40-55H2,2-5H3,(H4-,75,87,90,91,92,93,94,95,96,97,98,99,100,101);;;/q;3*+1/p-3. The molecule has 1 spiro atoms. The van der Waals surface area contributed by atoms with Crippen LogP contribution in [-0.4, -0.2) is 237 Å². The van der Waals surface area contributed by atoms with E-state index in [9.17, 15) is 74.5 Å². The molecule has 3 amide bonds. The second kappa shape index (κ2) is 34.8. The van der Waals surface area contributed by atoms with Gasteiger partial charge in [0, 0.05) is 25.2 Å². The van der Waals surface area contributed by atoms with Crippen molar-refractivity contribution in [2.45, 2.75) is 141 Å². The molecule has 0 unspecified atom stereocenters. The third-order valence-corrected chi connectivity index (χ3v) is 42.8. The van der Waals surface area contributed by atoms with Crippen LogP contribution in [0.3, 0.4) is 0 Å². The van der Waals surface area contributed by atoms with Crippen LogP contribution in [0.5, 0.6) is 0 Å². The largest absolute Gasteiger partial charge is 1.00 e. The number of quaternary nitrogens is 2. The average Bonchev–Trinajstić information content (AvgIpc) is 1.47. The summed E-state index contributed by atoms with van der Waals surface area (Å²) >= 11 is 0. The van der Waals surface area contributed by atoms with E-state index in [0.29, 0.717) is 190 Å². The molecule has 2 aromatic heterocycles. The Morgan fingerprint density at radius 2 is 0.814 bits per heavy atom. The van der Waals surface area contributed by atoms with Gasteiger partial charge >= 0.3 is 676 Å². The number of unbranched alkanes of at least 4 members (excludes halogenated alkanes) is 7. The van der Waals surface area contributed by atoms with Gasteiger partial charge in [0.05, 0.1) is 0 Å².